The van der Waals surface area contributed by atoms with E-state index in [2.05, 4.69) is 15.5 Å². The molecule has 17 heavy (non-hydrogen) atoms. The molecule has 0 atom stereocenters. The number of nitrogens with one attached hydrogen (secondary N) is 2. The molecule has 0 bridgehead atoms. The zero-order chi connectivity index (χ0) is 12.3. The van der Waals surface area contributed by atoms with Crippen LogP contribution in [0.15, 0.2) is 18.2 Å². The molecule has 0 radical (unpaired) electrons. The normalized spacial score (nSPS) is 10.0. The van der Waals surface area contributed by atoms with Gasteiger partial charge < -0.3 is 14.8 Å². The third-order valence-corrected chi connectivity index (χ3v) is 3.09. The maximum atomic E-state index is 5.26. The lowest BCUT2D eigenvalue weighted by atomic mass is 10.3. The Morgan fingerprint density at radius 3 is 2.76 bits per heavy atom. The van der Waals surface area contributed by atoms with Crippen LogP contribution in [-0.2, 0) is 0 Å². The molecule has 0 spiro atoms. The topological polar surface area (TPSA) is 59.2 Å². The maximum Gasteiger partial charge on any atom is 0.208 e. The second-order valence-corrected chi connectivity index (χ2v) is 4.78. The fourth-order valence-electron chi connectivity index (χ4n) is 1.30. The van der Waals surface area contributed by atoms with Gasteiger partial charge in [-0.15, -0.1) is 5.10 Å². The van der Waals surface area contributed by atoms with E-state index in [1.807, 2.05) is 12.1 Å². The van der Waals surface area contributed by atoms with Gasteiger partial charge in [-0.3, -0.25) is 5.10 Å². The number of H-pyrrole nitrogens is 1. The van der Waals surface area contributed by atoms with Crippen molar-refractivity contribution in [3.63, 3.8) is 0 Å². The second-order valence-electron chi connectivity index (χ2n) is 3.11. The molecule has 0 unspecified atom stereocenters. The van der Waals surface area contributed by atoms with Crippen LogP contribution >= 0.6 is 23.6 Å². The summed E-state index contributed by atoms with van der Waals surface area (Å²) in [6, 6.07) is 5.51. The molecule has 2 rings (SSSR count). The molecule has 1 aromatic carbocycles. The van der Waals surface area contributed by atoms with Crippen LogP contribution in [0.5, 0.6) is 11.5 Å². The third-order valence-electron chi connectivity index (χ3n) is 2.09. The number of hydrogen-bond donors (Lipinski definition) is 2. The lowest BCUT2D eigenvalue weighted by molar-refractivity contribution is 0.395. The Kier molecular flexibility index (Phi) is 3.60. The van der Waals surface area contributed by atoms with Crippen LogP contribution in [0.2, 0.25) is 0 Å². The molecule has 0 saturated heterocycles. The molecule has 1 heterocycles. The molecule has 2 N–H and O–H groups in total. The zero-order valence-electron chi connectivity index (χ0n) is 9.31. The summed E-state index contributed by atoms with van der Waals surface area (Å²) in [7, 11) is 3.22. The third kappa shape index (κ3) is 2.75. The van der Waals surface area contributed by atoms with Crippen LogP contribution < -0.4 is 14.8 Å². The minimum atomic E-state index is 0.625. The molecule has 0 fully saturated rings. The molecule has 0 amide bonds. The van der Waals surface area contributed by atoms with Crippen molar-refractivity contribution >= 4 is 34.4 Å². The van der Waals surface area contributed by atoms with Crippen LogP contribution in [0.4, 0.5) is 10.8 Å². The van der Waals surface area contributed by atoms with Gasteiger partial charge in [-0.05, 0) is 24.4 Å². The van der Waals surface area contributed by atoms with Crippen molar-refractivity contribution < 1.29 is 9.47 Å². The van der Waals surface area contributed by atoms with Gasteiger partial charge in [0.2, 0.25) is 5.13 Å². The average molecular weight is 269 g/mol. The molecule has 0 aliphatic heterocycles. The predicted octanol–water partition coefficient (Wildman–Crippen LogP) is 2.96. The first kappa shape index (κ1) is 11.9. The summed E-state index contributed by atoms with van der Waals surface area (Å²) in [6.07, 6.45) is 0. The van der Waals surface area contributed by atoms with Gasteiger partial charge in [-0.1, -0.05) is 11.3 Å². The summed E-state index contributed by atoms with van der Waals surface area (Å²) in [6.45, 7) is 0. The Labute approximate surface area is 107 Å². The van der Waals surface area contributed by atoms with Crippen LogP contribution in [0.1, 0.15) is 0 Å². The van der Waals surface area contributed by atoms with Gasteiger partial charge in [0, 0.05) is 6.07 Å². The van der Waals surface area contributed by atoms with E-state index in [-0.39, 0.29) is 0 Å². The summed E-state index contributed by atoms with van der Waals surface area (Å²) in [5, 5.41) is 10.5. The number of anilines is 2. The molecule has 0 saturated carbocycles. The number of methoxy groups -OCH3 is 2. The molecule has 0 aliphatic carbocycles. The number of ether oxygens (including phenoxy) is 2. The maximum absolute atomic E-state index is 5.26. The Bertz CT molecular complexity index is 565. The van der Waals surface area contributed by atoms with Crippen molar-refractivity contribution in [3.05, 3.63) is 22.2 Å². The fraction of sp³-hybridized carbons (Fsp3) is 0.200. The van der Waals surface area contributed by atoms with Crippen LogP contribution in [-0.4, -0.2) is 24.4 Å². The highest BCUT2D eigenvalue weighted by Crippen LogP contribution is 2.31. The van der Waals surface area contributed by atoms with E-state index in [1.165, 1.54) is 11.3 Å². The zero-order valence-corrected chi connectivity index (χ0v) is 10.9. The van der Waals surface area contributed by atoms with E-state index in [0.29, 0.717) is 14.8 Å². The molecule has 7 heteroatoms. The summed E-state index contributed by atoms with van der Waals surface area (Å²) < 4.78 is 11.0. The van der Waals surface area contributed by atoms with Crippen molar-refractivity contribution in [2.75, 3.05) is 19.5 Å². The summed E-state index contributed by atoms with van der Waals surface area (Å²) in [5.41, 5.74) is 0.811. The van der Waals surface area contributed by atoms with Gasteiger partial charge in [-0.25, -0.2) is 0 Å². The lowest BCUT2D eigenvalue weighted by Gasteiger charge is -2.10. The molecule has 2 aromatic rings. The lowest BCUT2D eigenvalue weighted by Crippen LogP contribution is -1.95. The molecule has 90 valence electrons. The Morgan fingerprint density at radius 2 is 2.18 bits per heavy atom. The number of aromatic amines is 1. The van der Waals surface area contributed by atoms with E-state index in [4.69, 9.17) is 21.7 Å². The molecule has 1 aromatic heterocycles. The second kappa shape index (κ2) is 5.15. The highest BCUT2D eigenvalue weighted by Gasteiger charge is 2.06. The SMILES string of the molecule is COc1ccc(Nc2n[nH]c(=S)s2)c(OC)c1. The number of aromatic nitrogens is 2. The Hall–Kier alpha value is -1.60. The minimum Gasteiger partial charge on any atom is -0.497 e. The van der Waals surface area contributed by atoms with Crippen LogP contribution in [0, 0.1) is 3.95 Å². The highest BCUT2D eigenvalue weighted by molar-refractivity contribution is 7.73. The van der Waals surface area contributed by atoms with E-state index in [1.54, 1.807) is 20.3 Å². The minimum absolute atomic E-state index is 0.625. The van der Waals surface area contributed by atoms with Gasteiger partial charge in [0.05, 0.1) is 19.9 Å². The van der Waals surface area contributed by atoms with Crippen molar-refractivity contribution in [3.8, 4) is 11.5 Å². The summed E-state index contributed by atoms with van der Waals surface area (Å²) in [4.78, 5) is 0. The predicted molar refractivity (Wildman–Crippen MR) is 70.1 cm³/mol. The number of nitrogens with zero attached hydrogens (tertiary/aromatic N) is 1. The average Bonchev–Trinajstić information content (AvgIpc) is 2.75. The van der Waals surface area contributed by atoms with Crippen LogP contribution in [0.3, 0.4) is 0 Å². The van der Waals surface area contributed by atoms with Gasteiger partial charge in [0.15, 0.2) is 3.95 Å². The van der Waals surface area contributed by atoms with Crippen molar-refractivity contribution in [1.29, 1.82) is 0 Å². The first-order valence-electron chi connectivity index (χ1n) is 4.77. The molecular formula is C10H11N3O2S2. The van der Waals surface area contributed by atoms with Gasteiger partial charge >= 0.3 is 0 Å². The molecular weight excluding hydrogens is 258 g/mol. The highest BCUT2D eigenvalue weighted by atomic mass is 32.1. The number of rotatable bonds is 4. The van der Waals surface area contributed by atoms with Crippen molar-refractivity contribution in [2.24, 2.45) is 0 Å². The van der Waals surface area contributed by atoms with E-state index >= 15 is 0 Å². The Morgan fingerprint density at radius 1 is 1.35 bits per heavy atom. The van der Waals surface area contributed by atoms with Gasteiger partial charge in [-0.2, -0.15) is 0 Å². The van der Waals surface area contributed by atoms with Crippen LogP contribution in [0.25, 0.3) is 0 Å². The quantitative estimate of drug-likeness (QED) is 0.836. The fourth-order valence-corrected chi connectivity index (χ4v) is 2.10. The van der Waals surface area contributed by atoms with Crippen molar-refractivity contribution in [1.82, 2.24) is 10.2 Å². The first-order chi connectivity index (χ1) is 8.22. The van der Waals surface area contributed by atoms with Gasteiger partial charge in [0.25, 0.3) is 0 Å². The number of benzene rings is 1. The first-order valence-corrected chi connectivity index (χ1v) is 6.00. The van der Waals surface area contributed by atoms with Crippen molar-refractivity contribution in [2.45, 2.75) is 0 Å². The summed E-state index contributed by atoms with van der Waals surface area (Å²) in [5.74, 6) is 1.42. The number of hydrogen-bond acceptors (Lipinski definition) is 6. The van der Waals surface area contributed by atoms with E-state index in [0.717, 1.165) is 11.4 Å². The standard InChI is InChI=1S/C10H11N3O2S2/c1-14-6-3-4-7(8(5-6)15-2)11-9-12-13-10(16)17-9/h3-5H,1-2H3,(H,11,12)(H,13,16). The largest absolute Gasteiger partial charge is 0.497 e. The molecule has 5 nitrogen and oxygen atoms in total. The molecule has 0 aliphatic rings. The smallest absolute Gasteiger partial charge is 0.208 e. The van der Waals surface area contributed by atoms with Gasteiger partial charge in [0.1, 0.15) is 11.5 Å². The van der Waals surface area contributed by atoms with E-state index in [9.17, 15) is 0 Å². The monoisotopic (exact) mass is 269 g/mol. The van der Waals surface area contributed by atoms with E-state index < -0.39 is 0 Å². The Balaban J connectivity index is 2.29. The summed E-state index contributed by atoms with van der Waals surface area (Å²) >= 11 is 6.32.